The predicted octanol–water partition coefficient (Wildman–Crippen LogP) is 4.57. The van der Waals surface area contributed by atoms with Gasteiger partial charge in [0.15, 0.2) is 5.16 Å². The van der Waals surface area contributed by atoms with E-state index in [0.29, 0.717) is 38.7 Å². The number of carbonyl (C=O) groups excluding carboxylic acids is 1. The van der Waals surface area contributed by atoms with Crippen molar-refractivity contribution in [3.05, 3.63) is 88.5 Å². The van der Waals surface area contributed by atoms with Crippen LogP contribution in [-0.4, -0.2) is 28.3 Å². The van der Waals surface area contributed by atoms with Crippen molar-refractivity contribution >= 4 is 34.3 Å². The van der Waals surface area contributed by atoms with Crippen LogP contribution in [0.3, 0.4) is 0 Å². The maximum absolute atomic E-state index is 13.8. The van der Waals surface area contributed by atoms with Crippen molar-refractivity contribution in [2.75, 3.05) is 18.2 Å². The first-order chi connectivity index (χ1) is 15.5. The zero-order chi connectivity index (χ0) is 22.7. The summed E-state index contributed by atoms with van der Waals surface area (Å²) >= 11 is 1.13. The van der Waals surface area contributed by atoms with Crippen LogP contribution in [0.2, 0.25) is 0 Å². The monoisotopic (exact) mass is 449 g/mol. The number of ether oxygens (including phenoxy) is 1. The van der Waals surface area contributed by atoms with Gasteiger partial charge in [0.25, 0.3) is 5.56 Å². The van der Waals surface area contributed by atoms with E-state index in [4.69, 9.17) is 4.74 Å². The van der Waals surface area contributed by atoms with E-state index in [0.717, 1.165) is 11.8 Å². The first-order valence-corrected chi connectivity index (χ1v) is 10.8. The van der Waals surface area contributed by atoms with Gasteiger partial charge in [0, 0.05) is 5.69 Å². The molecule has 8 heteroatoms. The summed E-state index contributed by atoms with van der Waals surface area (Å²) in [4.78, 5) is 30.3. The largest absolute Gasteiger partial charge is 0.497 e. The van der Waals surface area contributed by atoms with Crippen LogP contribution in [0.1, 0.15) is 5.56 Å². The number of anilines is 1. The van der Waals surface area contributed by atoms with Gasteiger partial charge in [-0.3, -0.25) is 14.2 Å². The number of amides is 1. The molecular weight excluding hydrogens is 429 g/mol. The molecule has 1 N–H and O–H groups in total. The highest BCUT2D eigenvalue weighted by atomic mass is 32.2. The van der Waals surface area contributed by atoms with Crippen LogP contribution in [-0.2, 0) is 4.79 Å². The van der Waals surface area contributed by atoms with E-state index in [1.807, 2.05) is 0 Å². The molecule has 0 fully saturated rings. The van der Waals surface area contributed by atoms with Crippen LogP contribution < -0.4 is 15.6 Å². The number of halogens is 1. The highest BCUT2D eigenvalue weighted by Crippen LogP contribution is 2.23. The van der Waals surface area contributed by atoms with E-state index in [1.54, 1.807) is 74.7 Å². The zero-order valence-corrected chi connectivity index (χ0v) is 18.3. The summed E-state index contributed by atoms with van der Waals surface area (Å²) in [5.41, 5.74) is 1.80. The lowest BCUT2D eigenvalue weighted by molar-refractivity contribution is -0.113. The third kappa shape index (κ3) is 4.50. The van der Waals surface area contributed by atoms with Crippen LogP contribution in [0.25, 0.3) is 16.6 Å². The Morgan fingerprint density at radius 3 is 2.59 bits per heavy atom. The molecule has 0 spiro atoms. The van der Waals surface area contributed by atoms with Gasteiger partial charge >= 0.3 is 0 Å². The van der Waals surface area contributed by atoms with E-state index >= 15 is 0 Å². The van der Waals surface area contributed by atoms with E-state index in [1.165, 1.54) is 10.6 Å². The molecule has 3 aromatic carbocycles. The second-order valence-corrected chi connectivity index (χ2v) is 7.99. The average Bonchev–Trinajstić information content (AvgIpc) is 2.80. The highest BCUT2D eigenvalue weighted by Gasteiger charge is 2.15. The molecule has 162 valence electrons. The fourth-order valence-corrected chi connectivity index (χ4v) is 3.98. The van der Waals surface area contributed by atoms with Gasteiger partial charge in [0.1, 0.15) is 11.6 Å². The standard InChI is InChI=1S/C24H20FN3O3S/c1-15-7-8-16(13-20(15)25)26-22(29)14-32-24-27-21-6-4-3-5-19(21)23(30)28(24)17-9-11-18(31-2)12-10-17/h3-13H,14H2,1-2H3,(H,26,29). The Morgan fingerprint density at radius 2 is 1.88 bits per heavy atom. The van der Waals surface area contributed by atoms with Gasteiger partial charge in [-0.25, -0.2) is 9.37 Å². The number of nitrogens with zero attached hydrogens (tertiary/aromatic N) is 2. The van der Waals surface area contributed by atoms with Crippen molar-refractivity contribution in [1.82, 2.24) is 9.55 Å². The molecular formula is C24H20FN3O3S. The minimum absolute atomic E-state index is 0.00354. The van der Waals surface area contributed by atoms with Crippen molar-refractivity contribution in [2.45, 2.75) is 12.1 Å². The first kappa shape index (κ1) is 21.6. The topological polar surface area (TPSA) is 73.2 Å². The third-order valence-corrected chi connectivity index (χ3v) is 5.80. The SMILES string of the molecule is COc1ccc(-n2c(SCC(=O)Nc3ccc(C)c(F)c3)nc3ccccc3c2=O)cc1. The fraction of sp³-hybridized carbons (Fsp3) is 0.125. The van der Waals surface area contributed by atoms with Crippen molar-refractivity contribution in [1.29, 1.82) is 0 Å². The summed E-state index contributed by atoms with van der Waals surface area (Å²) in [6.45, 7) is 1.65. The molecule has 4 aromatic rings. The Kier molecular flexibility index (Phi) is 6.23. The Bertz CT molecular complexity index is 1350. The second kappa shape index (κ2) is 9.23. The summed E-state index contributed by atoms with van der Waals surface area (Å²) in [6, 6.07) is 18.6. The number of aryl methyl sites for hydroxylation is 1. The lowest BCUT2D eigenvalue weighted by Crippen LogP contribution is -2.23. The summed E-state index contributed by atoms with van der Waals surface area (Å²) in [7, 11) is 1.57. The van der Waals surface area contributed by atoms with Crippen LogP contribution >= 0.6 is 11.8 Å². The highest BCUT2D eigenvalue weighted by molar-refractivity contribution is 7.99. The van der Waals surface area contributed by atoms with Crippen LogP contribution in [0.4, 0.5) is 10.1 Å². The lowest BCUT2D eigenvalue weighted by Gasteiger charge is -2.14. The number of hydrogen-bond donors (Lipinski definition) is 1. The van der Waals surface area contributed by atoms with Gasteiger partial charge in [-0.05, 0) is 61.0 Å². The molecule has 0 radical (unpaired) electrons. The average molecular weight is 450 g/mol. The number of hydrogen-bond acceptors (Lipinski definition) is 5. The second-order valence-electron chi connectivity index (χ2n) is 7.05. The Labute approximate surface area is 188 Å². The summed E-state index contributed by atoms with van der Waals surface area (Å²) in [6.07, 6.45) is 0. The van der Waals surface area contributed by atoms with Gasteiger partial charge in [0.2, 0.25) is 5.91 Å². The van der Waals surface area contributed by atoms with Crippen LogP contribution in [0.15, 0.2) is 76.7 Å². The number of aromatic nitrogens is 2. The third-order valence-electron chi connectivity index (χ3n) is 4.86. The number of para-hydroxylation sites is 1. The van der Waals surface area contributed by atoms with Crippen molar-refractivity contribution < 1.29 is 13.9 Å². The normalized spacial score (nSPS) is 10.8. The van der Waals surface area contributed by atoms with E-state index in [2.05, 4.69) is 10.3 Å². The van der Waals surface area contributed by atoms with Gasteiger partial charge < -0.3 is 10.1 Å². The van der Waals surface area contributed by atoms with Gasteiger partial charge in [-0.15, -0.1) is 0 Å². The molecule has 0 aliphatic heterocycles. The van der Waals surface area contributed by atoms with E-state index in [-0.39, 0.29) is 23.0 Å². The number of benzene rings is 3. The van der Waals surface area contributed by atoms with Crippen molar-refractivity contribution in [3.8, 4) is 11.4 Å². The summed E-state index contributed by atoms with van der Waals surface area (Å²) in [5, 5.41) is 3.53. The first-order valence-electron chi connectivity index (χ1n) is 9.81. The molecule has 0 unspecified atom stereocenters. The van der Waals surface area contributed by atoms with Crippen molar-refractivity contribution in [3.63, 3.8) is 0 Å². The Balaban J connectivity index is 1.65. The molecule has 0 aliphatic rings. The van der Waals surface area contributed by atoms with Crippen LogP contribution in [0, 0.1) is 12.7 Å². The minimum Gasteiger partial charge on any atom is -0.497 e. The molecule has 0 aliphatic carbocycles. The predicted molar refractivity (Wildman–Crippen MR) is 124 cm³/mol. The molecule has 0 saturated carbocycles. The lowest BCUT2D eigenvalue weighted by atomic mass is 10.2. The zero-order valence-electron chi connectivity index (χ0n) is 17.5. The number of nitrogens with one attached hydrogen (secondary N) is 1. The molecule has 1 amide bonds. The quantitative estimate of drug-likeness (QED) is 0.345. The maximum atomic E-state index is 13.8. The Morgan fingerprint density at radius 1 is 1.12 bits per heavy atom. The maximum Gasteiger partial charge on any atom is 0.266 e. The molecule has 32 heavy (non-hydrogen) atoms. The van der Waals surface area contributed by atoms with E-state index in [9.17, 15) is 14.0 Å². The number of rotatable bonds is 6. The molecule has 0 atom stereocenters. The summed E-state index contributed by atoms with van der Waals surface area (Å²) in [5.74, 6) is -0.0624. The molecule has 0 saturated heterocycles. The number of methoxy groups -OCH3 is 1. The molecule has 1 aromatic heterocycles. The molecule has 0 bridgehead atoms. The Hall–Kier alpha value is -3.65. The summed E-state index contributed by atoms with van der Waals surface area (Å²) < 4.78 is 20.4. The fourth-order valence-electron chi connectivity index (χ4n) is 3.17. The molecule has 6 nitrogen and oxygen atoms in total. The van der Waals surface area contributed by atoms with Crippen molar-refractivity contribution in [2.24, 2.45) is 0 Å². The number of thioether (sulfide) groups is 1. The number of fused-ring (bicyclic) bond motifs is 1. The van der Waals surface area contributed by atoms with Crippen LogP contribution in [0.5, 0.6) is 5.75 Å². The van der Waals surface area contributed by atoms with Gasteiger partial charge in [-0.1, -0.05) is 30.0 Å². The van der Waals surface area contributed by atoms with E-state index < -0.39 is 0 Å². The molecule has 4 rings (SSSR count). The number of carbonyl (C=O) groups is 1. The van der Waals surface area contributed by atoms with Gasteiger partial charge in [0.05, 0.1) is 29.5 Å². The minimum atomic E-state index is -0.389. The smallest absolute Gasteiger partial charge is 0.266 e. The molecule has 1 heterocycles. The van der Waals surface area contributed by atoms with Gasteiger partial charge in [-0.2, -0.15) is 0 Å².